The summed E-state index contributed by atoms with van der Waals surface area (Å²) in [7, 11) is 0. The normalized spacial score (nSPS) is 12.0. The van der Waals surface area contributed by atoms with Gasteiger partial charge in [-0.3, -0.25) is 0 Å². The third-order valence-corrected chi connectivity index (χ3v) is 3.54. The van der Waals surface area contributed by atoms with Crippen molar-refractivity contribution in [3.05, 3.63) is 23.7 Å². The minimum absolute atomic E-state index is 0.0273. The Hall–Kier alpha value is -0.800. The summed E-state index contributed by atoms with van der Waals surface area (Å²) in [5, 5.41) is 12.5. The first-order valence-corrected chi connectivity index (χ1v) is 6.13. The third-order valence-electron chi connectivity index (χ3n) is 3.54. The molecule has 1 rings (SSSR count). The van der Waals surface area contributed by atoms with Gasteiger partial charge in [-0.05, 0) is 31.4 Å². The fraction of sp³-hybridized carbons (Fsp3) is 0.692. The third kappa shape index (κ3) is 3.09. The molecule has 1 aromatic heterocycles. The molecule has 0 aliphatic heterocycles. The molecule has 3 nitrogen and oxygen atoms in total. The van der Waals surface area contributed by atoms with Crippen molar-refractivity contribution in [2.75, 3.05) is 0 Å². The van der Waals surface area contributed by atoms with E-state index in [9.17, 15) is 0 Å². The van der Waals surface area contributed by atoms with Crippen molar-refractivity contribution in [1.29, 1.82) is 0 Å². The topological polar surface area (TPSA) is 45.4 Å². The van der Waals surface area contributed by atoms with Crippen LogP contribution >= 0.6 is 0 Å². The lowest BCUT2D eigenvalue weighted by Crippen LogP contribution is -2.42. The summed E-state index contributed by atoms with van der Waals surface area (Å²) in [4.78, 5) is 0. The number of nitrogens with one attached hydrogen (secondary N) is 1. The van der Waals surface area contributed by atoms with Gasteiger partial charge in [-0.2, -0.15) is 0 Å². The van der Waals surface area contributed by atoms with E-state index < -0.39 is 0 Å². The maximum absolute atomic E-state index is 8.90. The zero-order chi connectivity index (χ0) is 12.0. The Bertz CT molecular complexity index is 294. The minimum atomic E-state index is -0.0273. The molecule has 0 atom stereocenters. The molecule has 16 heavy (non-hydrogen) atoms. The van der Waals surface area contributed by atoms with Gasteiger partial charge in [0.15, 0.2) is 0 Å². The number of hydrogen-bond acceptors (Lipinski definition) is 3. The van der Waals surface area contributed by atoms with Crippen LogP contribution in [0.25, 0.3) is 0 Å². The molecule has 0 aromatic carbocycles. The quantitative estimate of drug-likeness (QED) is 0.750. The molecule has 0 aliphatic carbocycles. The molecule has 0 saturated heterocycles. The maximum atomic E-state index is 8.90. The van der Waals surface area contributed by atoms with Crippen LogP contribution in [0.15, 0.2) is 16.5 Å². The van der Waals surface area contributed by atoms with E-state index in [0.29, 0.717) is 5.76 Å². The van der Waals surface area contributed by atoms with E-state index in [-0.39, 0.29) is 12.1 Å². The highest BCUT2D eigenvalue weighted by atomic mass is 16.4. The largest absolute Gasteiger partial charge is 0.462 e. The lowest BCUT2D eigenvalue weighted by molar-refractivity contribution is 0.236. The lowest BCUT2D eigenvalue weighted by Gasteiger charge is -2.31. The molecule has 3 heteroatoms. The Kier molecular flexibility index (Phi) is 5.03. The van der Waals surface area contributed by atoms with Crippen LogP contribution in [0, 0.1) is 0 Å². The average Bonchev–Trinajstić information content (AvgIpc) is 2.80. The lowest BCUT2D eigenvalue weighted by atomic mass is 9.90. The first-order valence-electron chi connectivity index (χ1n) is 6.13. The Balaban J connectivity index is 2.55. The van der Waals surface area contributed by atoms with Crippen LogP contribution in [-0.4, -0.2) is 10.6 Å². The van der Waals surface area contributed by atoms with Crippen LogP contribution in [0.3, 0.4) is 0 Å². The second-order valence-corrected chi connectivity index (χ2v) is 4.22. The van der Waals surface area contributed by atoms with Gasteiger partial charge < -0.3 is 14.8 Å². The summed E-state index contributed by atoms with van der Waals surface area (Å²) in [6, 6.07) is 3.74. The highest BCUT2D eigenvalue weighted by molar-refractivity contribution is 5.06. The average molecular weight is 225 g/mol. The molecule has 1 heterocycles. The summed E-state index contributed by atoms with van der Waals surface area (Å²) in [5.41, 5.74) is 0.214. The van der Waals surface area contributed by atoms with Crippen molar-refractivity contribution in [3.63, 3.8) is 0 Å². The number of furan rings is 1. The Morgan fingerprint density at radius 3 is 2.12 bits per heavy atom. The van der Waals surface area contributed by atoms with Crippen molar-refractivity contribution in [2.24, 2.45) is 0 Å². The molecule has 2 N–H and O–H groups in total. The predicted molar refractivity (Wildman–Crippen MR) is 65.1 cm³/mol. The van der Waals surface area contributed by atoms with Gasteiger partial charge in [0.25, 0.3) is 0 Å². The van der Waals surface area contributed by atoms with Crippen molar-refractivity contribution in [3.8, 4) is 0 Å². The minimum Gasteiger partial charge on any atom is -0.462 e. The zero-order valence-electron chi connectivity index (χ0n) is 10.5. The number of aliphatic hydroxyl groups is 1. The molecule has 0 unspecified atom stereocenters. The van der Waals surface area contributed by atoms with Crippen molar-refractivity contribution < 1.29 is 9.52 Å². The molecule has 0 aliphatic rings. The van der Waals surface area contributed by atoms with Gasteiger partial charge in [0.1, 0.15) is 18.1 Å². The van der Waals surface area contributed by atoms with E-state index in [2.05, 4.69) is 26.1 Å². The number of rotatable bonds is 7. The predicted octanol–water partition coefficient (Wildman–Crippen LogP) is 2.83. The fourth-order valence-corrected chi connectivity index (χ4v) is 2.00. The van der Waals surface area contributed by atoms with E-state index in [0.717, 1.165) is 31.6 Å². The second-order valence-electron chi connectivity index (χ2n) is 4.22. The van der Waals surface area contributed by atoms with Gasteiger partial charge in [-0.1, -0.05) is 20.8 Å². The zero-order valence-corrected chi connectivity index (χ0v) is 10.5. The summed E-state index contributed by atoms with van der Waals surface area (Å²) in [5.74, 6) is 1.52. The Morgan fingerprint density at radius 1 is 1.12 bits per heavy atom. The van der Waals surface area contributed by atoms with Gasteiger partial charge in [0, 0.05) is 5.54 Å². The van der Waals surface area contributed by atoms with Crippen molar-refractivity contribution >= 4 is 0 Å². The van der Waals surface area contributed by atoms with Gasteiger partial charge in [0.05, 0.1) is 6.54 Å². The van der Waals surface area contributed by atoms with E-state index in [4.69, 9.17) is 9.52 Å². The SMILES string of the molecule is CCC(CC)(CC)NCc1ccc(CO)o1. The van der Waals surface area contributed by atoms with Crippen LogP contribution in [-0.2, 0) is 13.2 Å². The smallest absolute Gasteiger partial charge is 0.129 e. The molecule has 0 fully saturated rings. The molecule has 0 radical (unpaired) electrons. The molecule has 0 bridgehead atoms. The molecule has 1 aromatic rings. The van der Waals surface area contributed by atoms with Gasteiger partial charge in [0.2, 0.25) is 0 Å². The highest BCUT2D eigenvalue weighted by Crippen LogP contribution is 2.20. The summed E-state index contributed by atoms with van der Waals surface area (Å²) >= 11 is 0. The molecule has 0 saturated carbocycles. The van der Waals surface area contributed by atoms with Crippen LogP contribution in [0.4, 0.5) is 0 Å². The van der Waals surface area contributed by atoms with Crippen molar-refractivity contribution in [1.82, 2.24) is 5.32 Å². The summed E-state index contributed by atoms with van der Waals surface area (Å²) in [6.45, 7) is 7.33. The highest BCUT2D eigenvalue weighted by Gasteiger charge is 2.22. The Morgan fingerprint density at radius 2 is 1.69 bits per heavy atom. The van der Waals surface area contributed by atoms with E-state index in [1.165, 1.54) is 0 Å². The first kappa shape index (κ1) is 13.3. The van der Waals surface area contributed by atoms with Gasteiger partial charge in [-0.25, -0.2) is 0 Å². The molecular formula is C13H23NO2. The molecular weight excluding hydrogens is 202 g/mol. The molecule has 0 amide bonds. The van der Waals surface area contributed by atoms with Crippen LogP contribution in [0.1, 0.15) is 51.6 Å². The fourth-order valence-electron chi connectivity index (χ4n) is 2.00. The van der Waals surface area contributed by atoms with E-state index in [1.54, 1.807) is 0 Å². The van der Waals surface area contributed by atoms with E-state index >= 15 is 0 Å². The van der Waals surface area contributed by atoms with Crippen molar-refractivity contribution in [2.45, 2.75) is 58.7 Å². The molecule has 0 spiro atoms. The van der Waals surface area contributed by atoms with Crippen LogP contribution in [0.2, 0.25) is 0 Å². The maximum Gasteiger partial charge on any atom is 0.129 e. The standard InChI is InChI=1S/C13H23NO2/c1-4-13(5-2,6-3)14-9-11-7-8-12(10-15)16-11/h7-8,14-15H,4-6,9-10H2,1-3H3. The van der Waals surface area contributed by atoms with Gasteiger partial charge in [-0.15, -0.1) is 0 Å². The summed E-state index contributed by atoms with van der Waals surface area (Å²) < 4.78 is 5.45. The second kappa shape index (κ2) is 6.06. The number of hydrogen-bond donors (Lipinski definition) is 2. The Labute approximate surface area is 97.9 Å². The number of aliphatic hydroxyl groups excluding tert-OH is 1. The summed E-state index contributed by atoms with van der Waals surface area (Å²) in [6.07, 6.45) is 3.36. The monoisotopic (exact) mass is 225 g/mol. The molecule has 92 valence electrons. The van der Waals surface area contributed by atoms with Crippen LogP contribution in [0.5, 0.6) is 0 Å². The van der Waals surface area contributed by atoms with Crippen LogP contribution < -0.4 is 5.32 Å². The first-order chi connectivity index (χ1) is 7.69. The van der Waals surface area contributed by atoms with Gasteiger partial charge >= 0.3 is 0 Å². The van der Waals surface area contributed by atoms with E-state index in [1.807, 2.05) is 12.1 Å².